The van der Waals surface area contributed by atoms with E-state index >= 15 is 0 Å². The molecular formula is C8H8N4O6. The molecule has 0 unspecified atom stereocenters. The molecule has 10 nitrogen and oxygen atoms in total. The van der Waals surface area contributed by atoms with Crippen molar-refractivity contribution in [3.8, 4) is 0 Å². The van der Waals surface area contributed by atoms with Crippen molar-refractivity contribution < 1.29 is 14.8 Å². The van der Waals surface area contributed by atoms with Crippen LogP contribution in [-0.4, -0.2) is 31.5 Å². The Balaban J connectivity index is 2.88. The van der Waals surface area contributed by atoms with Crippen LogP contribution in [0.25, 0.3) is 0 Å². The van der Waals surface area contributed by atoms with Gasteiger partial charge < -0.3 is 15.2 Å². The summed E-state index contributed by atoms with van der Waals surface area (Å²) in [5.74, 6) is -0.460. The number of nitro groups is 1. The highest BCUT2D eigenvalue weighted by atomic mass is 16.6. The Kier molecular flexibility index (Phi) is 2.51. The van der Waals surface area contributed by atoms with E-state index in [2.05, 4.69) is 5.32 Å². The lowest BCUT2D eigenvalue weighted by atomic mass is 10.3. The molecule has 0 amide bonds. The molecule has 0 fully saturated rings. The number of hydrogen-bond acceptors (Lipinski definition) is 7. The molecule has 1 aliphatic rings. The second kappa shape index (κ2) is 3.77. The van der Waals surface area contributed by atoms with Gasteiger partial charge in [0.2, 0.25) is 0 Å². The van der Waals surface area contributed by atoms with Gasteiger partial charge >= 0.3 is 16.9 Å². The Labute approximate surface area is 98.2 Å². The summed E-state index contributed by atoms with van der Waals surface area (Å²) in [5.41, 5.74) is -2.94. The van der Waals surface area contributed by atoms with Crippen LogP contribution in [0.3, 0.4) is 0 Å². The van der Waals surface area contributed by atoms with E-state index in [1.807, 2.05) is 0 Å². The van der Waals surface area contributed by atoms with Crippen molar-refractivity contribution in [3.63, 3.8) is 0 Å². The maximum Gasteiger partial charge on any atom is 0.374 e. The zero-order valence-electron chi connectivity index (χ0n) is 9.06. The van der Waals surface area contributed by atoms with Gasteiger partial charge in [0.1, 0.15) is 12.3 Å². The number of carbonyl (C=O) groups excluding carboxylic acids is 1. The van der Waals surface area contributed by atoms with E-state index in [1.165, 1.54) is 0 Å². The van der Waals surface area contributed by atoms with Crippen molar-refractivity contribution in [2.75, 3.05) is 5.32 Å². The highest BCUT2D eigenvalue weighted by molar-refractivity contribution is 5.70. The Hall–Kier alpha value is -2.49. The first-order valence-electron chi connectivity index (χ1n) is 4.80. The molecule has 0 saturated heterocycles. The lowest BCUT2D eigenvalue weighted by molar-refractivity contribution is -0.386. The van der Waals surface area contributed by atoms with Gasteiger partial charge in [0.25, 0.3) is 0 Å². The highest BCUT2D eigenvalue weighted by Gasteiger charge is 2.39. The van der Waals surface area contributed by atoms with E-state index in [4.69, 9.17) is 0 Å². The summed E-state index contributed by atoms with van der Waals surface area (Å²) in [6, 6.07) is -1.21. The first kappa shape index (κ1) is 12.0. The Morgan fingerprint density at radius 2 is 2.11 bits per heavy atom. The number of hydrogen-bond donors (Lipinski definition) is 2. The molecule has 0 spiro atoms. The van der Waals surface area contributed by atoms with Crippen molar-refractivity contribution in [1.29, 1.82) is 0 Å². The van der Waals surface area contributed by atoms with Gasteiger partial charge in [-0.05, 0) is 0 Å². The number of fused-ring (bicyclic) bond motifs is 1. The van der Waals surface area contributed by atoms with E-state index in [9.17, 15) is 29.6 Å². The Morgan fingerprint density at radius 3 is 2.61 bits per heavy atom. The van der Waals surface area contributed by atoms with Crippen LogP contribution in [0.2, 0.25) is 0 Å². The van der Waals surface area contributed by atoms with Gasteiger partial charge in [-0.25, -0.2) is 9.36 Å². The first-order chi connectivity index (χ1) is 8.40. The van der Waals surface area contributed by atoms with Gasteiger partial charge in [-0.2, -0.15) is 0 Å². The number of aromatic nitrogens is 2. The lowest BCUT2D eigenvalue weighted by Crippen LogP contribution is -2.39. The van der Waals surface area contributed by atoms with Crippen LogP contribution in [0.15, 0.2) is 9.59 Å². The summed E-state index contributed by atoms with van der Waals surface area (Å²) in [7, 11) is 1.05. The zero-order valence-corrected chi connectivity index (χ0v) is 9.06. The molecule has 0 saturated carbocycles. The van der Waals surface area contributed by atoms with Crippen LogP contribution in [0.4, 0.5) is 11.5 Å². The lowest BCUT2D eigenvalue weighted by Gasteiger charge is -2.09. The third-order valence-electron chi connectivity index (χ3n) is 2.68. The van der Waals surface area contributed by atoms with Crippen molar-refractivity contribution in [2.24, 2.45) is 7.05 Å². The highest BCUT2D eigenvalue weighted by Crippen LogP contribution is 2.28. The molecule has 0 radical (unpaired) electrons. The molecule has 2 rings (SSSR count). The predicted molar refractivity (Wildman–Crippen MR) is 57.3 cm³/mol. The van der Waals surface area contributed by atoms with Crippen molar-refractivity contribution >= 4 is 17.8 Å². The average molecular weight is 256 g/mol. The molecule has 2 atom stereocenters. The minimum Gasteiger partial charge on any atom is -0.370 e. The molecule has 1 aliphatic heterocycles. The normalized spacial score (nSPS) is 21.2. The monoisotopic (exact) mass is 256 g/mol. The fraction of sp³-hybridized carbons (Fsp3) is 0.375. The topological polar surface area (TPSA) is 136 Å². The fourth-order valence-corrected chi connectivity index (χ4v) is 1.76. The maximum absolute atomic E-state index is 11.7. The summed E-state index contributed by atoms with van der Waals surface area (Å²) in [5, 5.41) is 22.8. The van der Waals surface area contributed by atoms with Crippen LogP contribution in [0.1, 0.15) is 6.23 Å². The number of nitrogens with one attached hydrogen (secondary N) is 1. The molecule has 2 heterocycles. The van der Waals surface area contributed by atoms with E-state index in [1.54, 1.807) is 0 Å². The number of nitrogens with zero attached hydrogens (tertiary/aromatic N) is 3. The van der Waals surface area contributed by atoms with Crippen LogP contribution in [-0.2, 0) is 11.8 Å². The van der Waals surface area contributed by atoms with Crippen LogP contribution < -0.4 is 16.6 Å². The number of aldehydes is 1. The molecule has 2 N–H and O–H groups in total. The number of aliphatic hydroxyl groups is 1. The molecule has 0 bridgehead atoms. The molecule has 96 valence electrons. The van der Waals surface area contributed by atoms with Crippen LogP contribution in [0.5, 0.6) is 0 Å². The Morgan fingerprint density at radius 1 is 1.50 bits per heavy atom. The predicted octanol–water partition coefficient (Wildman–Crippen LogP) is -2.06. The molecule has 1 aromatic heterocycles. The number of anilines is 1. The van der Waals surface area contributed by atoms with Gasteiger partial charge in [-0.15, -0.1) is 0 Å². The first-order valence-corrected chi connectivity index (χ1v) is 4.80. The van der Waals surface area contributed by atoms with Crippen LogP contribution >= 0.6 is 0 Å². The van der Waals surface area contributed by atoms with Gasteiger partial charge in [0.05, 0.1) is 4.92 Å². The molecule has 10 heteroatoms. The molecular weight excluding hydrogens is 248 g/mol. The molecule has 1 aromatic rings. The minimum absolute atomic E-state index is 0.297. The molecule has 18 heavy (non-hydrogen) atoms. The quantitative estimate of drug-likeness (QED) is 0.352. The smallest absolute Gasteiger partial charge is 0.370 e. The second-order valence-electron chi connectivity index (χ2n) is 3.69. The summed E-state index contributed by atoms with van der Waals surface area (Å²) >= 11 is 0. The molecule has 0 aromatic carbocycles. The second-order valence-corrected chi connectivity index (χ2v) is 3.69. The number of rotatable bonds is 2. The van der Waals surface area contributed by atoms with E-state index in [0.29, 0.717) is 15.4 Å². The standard InChI is InChI=1S/C8H8N4O6/c1-10-7(15)4(12(17)18)5-9-3(2-13)6(14)11(5)8(10)16/h2-3,6,9,14H,1H3/t3-,6-/m0/s1. The minimum atomic E-state index is -1.59. The average Bonchev–Trinajstić information content (AvgIpc) is 2.63. The van der Waals surface area contributed by atoms with Gasteiger partial charge in [-0.1, -0.05) is 0 Å². The van der Waals surface area contributed by atoms with Gasteiger partial charge in [0, 0.05) is 7.05 Å². The zero-order chi connectivity index (χ0) is 13.6. The van der Waals surface area contributed by atoms with E-state index < -0.39 is 39.9 Å². The third-order valence-corrected chi connectivity index (χ3v) is 2.68. The van der Waals surface area contributed by atoms with Gasteiger partial charge in [0.15, 0.2) is 12.0 Å². The Bertz CT molecular complexity index is 659. The van der Waals surface area contributed by atoms with Crippen molar-refractivity contribution in [3.05, 3.63) is 31.0 Å². The summed E-state index contributed by atoms with van der Waals surface area (Å²) < 4.78 is 1.11. The van der Waals surface area contributed by atoms with Crippen molar-refractivity contribution in [1.82, 2.24) is 9.13 Å². The number of carbonyl (C=O) groups is 1. The SMILES string of the molecule is Cn1c(=O)c([N+](=O)[O-])c2n(c1=O)[C@@H](O)[C@H](C=O)N2. The van der Waals surface area contributed by atoms with E-state index in [0.717, 1.165) is 7.05 Å². The molecule has 0 aliphatic carbocycles. The largest absolute Gasteiger partial charge is 0.374 e. The van der Waals surface area contributed by atoms with E-state index in [-0.39, 0.29) is 0 Å². The fourth-order valence-electron chi connectivity index (χ4n) is 1.76. The van der Waals surface area contributed by atoms with Gasteiger partial charge in [-0.3, -0.25) is 19.5 Å². The van der Waals surface area contributed by atoms with Crippen LogP contribution in [0, 0.1) is 10.1 Å². The van der Waals surface area contributed by atoms with Crippen molar-refractivity contribution in [2.45, 2.75) is 12.3 Å². The maximum atomic E-state index is 11.7. The number of aliphatic hydroxyl groups excluding tert-OH is 1. The third kappa shape index (κ3) is 1.35. The summed E-state index contributed by atoms with van der Waals surface area (Å²) in [6.45, 7) is 0. The summed E-state index contributed by atoms with van der Waals surface area (Å²) in [4.78, 5) is 43.8. The summed E-state index contributed by atoms with van der Waals surface area (Å²) in [6.07, 6.45) is -1.29.